The van der Waals surface area contributed by atoms with E-state index in [0.717, 1.165) is 0 Å². The number of anilines is 1. The fraction of sp³-hybridized carbons (Fsp3) is 0.444. The average Bonchev–Trinajstić information content (AvgIpc) is 2.81. The van der Waals surface area contributed by atoms with Crippen LogP contribution >= 0.6 is 0 Å². The summed E-state index contributed by atoms with van der Waals surface area (Å²) in [5.74, 6) is -0.502. The number of phenolic OH excluding ortho intramolecular Hbond substituents is 1. The molecule has 196 valence electrons. The first-order valence-electron chi connectivity index (χ1n) is 11.9. The van der Waals surface area contributed by atoms with Gasteiger partial charge in [0.25, 0.3) is 5.91 Å². The van der Waals surface area contributed by atoms with Crippen LogP contribution in [0.25, 0.3) is 0 Å². The van der Waals surface area contributed by atoms with Crippen LogP contribution in [0.4, 0.5) is 10.5 Å². The van der Waals surface area contributed by atoms with E-state index < -0.39 is 41.6 Å². The van der Waals surface area contributed by atoms with Crippen molar-refractivity contribution in [3.63, 3.8) is 0 Å². The molecule has 0 saturated carbocycles. The van der Waals surface area contributed by atoms with Crippen molar-refractivity contribution in [3.05, 3.63) is 54.1 Å². The largest absolute Gasteiger partial charge is 0.508 e. The summed E-state index contributed by atoms with van der Waals surface area (Å²) in [5, 5.41) is 16.0. The fourth-order valence-electron chi connectivity index (χ4n) is 3.59. The fourth-order valence-corrected chi connectivity index (χ4v) is 3.59. The third kappa shape index (κ3) is 7.63. The van der Waals surface area contributed by atoms with Gasteiger partial charge in [0.1, 0.15) is 29.2 Å². The molecule has 2 aromatic carbocycles. The maximum absolute atomic E-state index is 13.7. The summed E-state index contributed by atoms with van der Waals surface area (Å²) < 4.78 is 10.5. The summed E-state index contributed by atoms with van der Waals surface area (Å²) in [6.07, 6.45) is -0.209. The van der Waals surface area contributed by atoms with Crippen molar-refractivity contribution in [2.24, 2.45) is 0 Å². The number of hydrogen-bond acceptors (Lipinski definition) is 6. The highest BCUT2D eigenvalue weighted by molar-refractivity contribution is 5.99. The first kappa shape index (κ1) is 28.5. The number of rotatable bonds is 9. The zero-order valence-electron chi connectivity index (χ0n) is 22.0. The monoisotopic (exact) mass is 499 g/mol. The Balaban J connectivity index is 2.45. The van der Waals surface area contributed by atoms with Crippen LogP contribution in [0, 0.1) is 0 Å². The average molecular weight is 500 g/mol. The van der Waals surface area contributed by atoms with E-state index in [-0.39, 0.29) is 11.3 Å². The summed E-state index contributed by atoms with van der Waals surface area (Å²) in [6.45, 7) is 10.4. The molecule has 3 amide bonds. The third-order valence-corrected chi connectivity index (χ3v) is 5.54. The molecule has 0 heterocycles. The molecule has 2 aromatic rings. The standard InChI is InChI=1S/C27H37N3O6/c1-8-17(2)30(25(33)18(3)28-26(34)36-27(4,5)6)23(21-11-9-10-12-22(21)31)24(32)29-19-13-15-20(35-7)16-14-19/h9-18,23,31H,8H2,1-7H3,(H,28,34)(H,29,32). The number of nitrogens with one attached hydrogen (secondary N) is 2. The van der Waals surface area contributed by atoms with Gasteiger partial charge in [-0.3, -0.25) is 9.59 Å². The van der Waals surface area contributed by atoms with Gasteiger partial charge in [0.2, 0.25) is 5.91 Å². The molecule has 3 N–H and O–H groups in total. The number of para-hydroxylation sites is 1. The summed E-state index contributed by atoms with van der Waals surface area (Å²) in [5.41, 5.74) is 0.0270. The molecular formula is C27H37N3O6. The zero-order chi connectivity index (χ0) is 27.0. The van der Waals surface area contributed by atoms with Crippen molar-refractivity contribution in [2.75, 3.05) is 12.4 Å². The van der Waals surface area contributed by atoms with E-state index in [1.165, 1.54) is 17.9 Å². The van der Waals surface area contributed by atoms with Crippen LogP contribution in [0.3, 0.4) is 0 Å². The maximum atomic E-state index is 13.7. The van der Waals surface area contributed by atoms with Gasteiger partial charge in [0, 0.05) is 17.3 Å². The molecule has 3 unspecified atom stereocenters. The summed E-state index contributed by atoms with van der Waals surface area (Å²) in [4.78, 5) is 41.1. The zero-order valence-corrected chi connectivity index (χ0v) is 22.0. The molecule has 0 aromatic heterocycles. The number of nitrogens with zero attached hydrogens (tertiary/aromatic N) is 1. The number of methoxy groups -OCH3 is 1. The van der Waals surface area contributed by atoms with E-state index in [9.17, 15) is 19.5 Å². The highest BCUT2D eigenvalue weighted by Gasteiger charge is 2.38. The Morgan fingerprint density at radius 1 is 1.03 bits per heavy atom. The number of carbonyl (C=O) groups is 3. The summed E-state index contributed by atoms with van der Waals surface area (Å²) in [7, 11) is 1.55. The first-order chi connectivity index (χ1) is 16.9. The van der Waals surface area contributed by atoms with Crippen LogP contribution < -0.4 is 15.4 Å². The molecule has 9 heteroatoms. The van der Waals surface area contributed by atoms with Crippen molar-refractivity contribution < 1.29 is 29.0 Å². The lowest BCUT2D eigenvalue weighted by Crippen LogP contribution is -2.53. The Morgan fingerprint density at radius 3 is 2.17 bits per heavy atom. The van der Waals surface area contributed by atoms with Gasteiger partial charge >= 0.3 is 6.09 Å². The van der Waals surface area contributed by atoms with Gasteiger partial charge in [-0.1, -0.05) is 25.1 Å². The molecule has 0 bridgehead atoms. The molecule has 2 rings (SSSR count). The summed E-state index contributed by atoms with van der Waals surface area (Å²) in [6, 6.07) is 10.6. The van der Waals surface area contributed by atoms with Gasteiger partial charge in [-0.2, -0.15) is 0 Å². The minimum Gasteiger partial charge on any atom is -0.508 e. The molecular weight excluding hydrogens is 462 g/mol. The number of ether oxygens (including phenoxy) is 2. The Labute approximate surface area is 212 Å². The van der Waals surface area contributed by atoms with Gasteiger partial charge in [-0.05, 0) is 71.4 Å². The van der Waals surface area contributed by atoms with E-state index >= 15 is 0 Å². The highest BCUT2D eigenvalue weighted by Crippen LogP contribution is 2.32. The predicted molar refractivity (Wildman–Crippen MR) is 138 cm³/mol. The van der Waals surface area contributed by atoms with E-state index in [4.69, 9.17) is 9.47 Å². The number of amides is 3. The van der Waals surface area contributed by atoms with Crippen LogP contribution in [0.5, 0.6) is 11.5 Å². The smallest absolute Gasteiger partial charge is 0.408 e. The minimum absolute atomic E-state index is 0.124. The number of hydrogen-bond donors (Lipinski definition) is 3. The van der Waals surface area contributed by atoms with Crippen molar-refractivity contribution in [2.45, 2.75) is 71.7 Å². The Morgan fingerprint density at radius 2 is 1.64 bits per heavy atom. The maximum Gasteiger partial charge on any atom is 0.408 e. The van der Waals surface area contributed by atoms with Crippen LogP contribution in [0.2, 0.25) is 0 Å². The third-order valence-electron chi connectivity index (χ3n) is 5.54. The predicted octanol–water partition coefficient (Wildman–Crippen LogP) is 4.62. The van der Waals surface area contributed by atoms with Crippen molar-refractivity contribution >= 4 is 23.6 Å². The molecule has 3 atom stereocenters. The Kier molecular flexibility index (Phi) is 9.72. The normalized spacial score (nSPS) is 13.6. The van der Waals surface area contributed by atoms with Crippen molar-refractivity contribution in [1.29, 1.82) is 0 Å². The first-order valence-corrected chi connectivity index (χ1v) is 11.9. The van der Waals surface area contributed by atoms with E-state index in [1.807, 2.05) is 13.8 Å². The van der Waals surface area contributed by atoms with E-state index in [2.05, 4.69) is 10.6 Å². The lowest BCUT2D eigenvalue weighted by molar-refractivity contribution is -0.143. The number of aromatic hydroxyl groups is 1. The molecule has 36 heavy (non-hydrogen) atoms. The van der Waals surface area contributed by atoms with Gasteiger partial charge in [-0.25, -0.2) is 4.79 Å². The van der Waals surface area contributed by atoms with Gasteiger partial charge < -0.3 is 30.1 Å². The Bertz CT molecular complexity index is 1050. The SMILES string of the molecule is CCC(C)N(C(=O)C(C)NC(=O)OC(C)(C)C)C(C(=O)Nc1ccc(OC)cc1)c1ccccc1O. The lowest BCUT2D eigenvalue weighted by atomic mass is 9.99. The van der Waals surface area contributed by atoms with E-state index in [0.29, 0.717) is 17.9 Å². The highest BCUT2D eigenvalue weighted by atomic mass is 16.6. The molecule has 0 radical (unpaired) electrons. The van der Waals surface area contributed by atoms with Crippen molar-refractivity contribution in [3.8, 4) is 11.5 Å². The number of phenols is 1. The molecule has 0 aliphatic rings. The molecule has 0 spiro atoms. The topological polar surface area (TPSA) is 117 Å². The number of benzene rings is 2. The van der Waals surface area contributed by atoms with Gasteiger partial charge in [0.15, 0.2) is 0 Å². The van der Waals surface area contributed by atoms with Crippen LogP contribution in [0.1, 0.15) is 59.6 Å². The van der Waals surface area contributed by atoms with Gasteiger partial charge in [0.05, 0.1) is 7.11 Å². The molecule has 0 aliphatic heterocycles. The van der Waals surface area contributed by atoms with E-state index in [1.54, 1.807) is 70.3 Å². The second kappa shape index (κ2) is 12.3. The van der Waals surface area contributed by atoms with Crippen LogP contribution in [0.15, 0.2) is 48.5 Å². The second-order valence-electron chi connectivity index (χ2n) is 9.55. The molecule has 0 fully saturated rings. The molecule has 9 nitrogen and oxygen atoms in total. The number of carbonyl (C=O) groups excluding carboxylic acids is 3. The lowest BCUT2D eigenvalue weighted by Gasteiger charge is -2.37. The van der Waals surface area contributed by atoms with Gasteiger partial charge in [-0.15, -0.1) is 0 Å². The van der Waals surface area contributed by atoms with Crippen molar-refractivity contribution in [1.82, 2.24) is 10.2 Å². The Hall–Kier alpha value is -3.75. The number of alkyl carbamates (subject to hydrolysis) is 1. The second-order valence-corrected chi connectivity index (χ2v) is 9.55. The van der Waals surface area contributed by atoms with Crippen LogP contribution in [-0.2, 0) is 14.3 Å². The minimum atomic E-state index is -1.17. The summed E-state index contributed by atoms with van der Waals surface area (Å²) >= 11 is 0. The quantitative estimate of drug-likeness (QED) is 0.463. The van der Waals surface area contributed by atoms with Crippen LogP contribution in [-0.4, -0.2) is 52.7 Å². The molecule has 0 aliphatic carbocycles. The molecule has 0 saturated heterocycles.